The van der Waals surface area contributed by atoms with Crippen LogP contribution in [0.25, 0.3) is 0 Å². The van der Waals surface area contributed by atoms with Gasteiger partial charge >= 0.3 is 72.1 Å². The largest absolute Gasteiger partial charge is 0.460 e. The molecule has 0 aliphatic heterocycles. The maximum atomic E-state index is 13.7. The van der Waals surface area contributed by atoms with Crippen LogP contribution in [-0.2, 0) is 81.7 Å². The van der Waals surface area contributed by atoms with Crippen LogP contribution in [0.15, 0.2) is 198 Å². The highest BCUT2D eigenvalue weighted by atomic mass is 16.6. The molecule has 4 aromatic rings. The molecule has 0 unspecified atom stereocenters. The summed E-state index contributed by atoms with van der Waals surface area (Å²) in [6.07, 6.45) is 2.75. The third-order valence-corrected chi connectivity index (χ3v) is 13.2. The van der Waals surface area contributed by atoms with E-state index in [4.69, 9.17) is 56.8 Å². The summed E-state index contributed by atoms with van der Waals surface area (Å²) in [6, 6.07) is 23.9. The van der Waals surface area contributed by atoms with Crippen molar-refractivity contribution in [3.63, 3.8) is 0 Å². The normalized spacial score (nSPS) is 11.0. The van der Waals surface area contributed by atoms with Gasteiger partial charge in [0.1, 0.15) is 98.0 Å². The fourth-order valence-corrected chi connectivity index (χ4v) is 8.38. The van der Waals surface area contributed by atoms with Crippen LogP contribution in [0.5, 0.6) is 23.0 Å². The lowest BCUT2D eigenvalue weighted by Crippen LogP contribution is -2.54. The third-order valence-electron chi connectivity index (χ3n) is 13.2. The molecular formula is C69H72N4O24. The molecule has 512 valence electrons. The maximum Gasteiger partial charge on any atom is 0.413 e. The molecule has 0 fully saturated rings. The number of hydrogen-bond donors (Lipinski definition) is 4. The zero-order valence-corrected chi connectivity index (χ0v) is 53.5. The van der Waals surface area contributed by atoms with E-state index in [1.165, 1.54) is 76.2 Å². The molecule has 0 bridgehead atoms. The molecule has 0 saturated carbocycles. The van der Waals surface area contributed by atoms with Gasteiger partial charge in [0.05, 0.1) is 5.41 Å². The van der Waals surface area contributed by atoms with E-state index < -0.39 is 153 Å². The van der Waals surface area contributed by atoms with Crippen molar-refractivity contribution < 1.29 is 114 Å². The zero-order chi connectivity index (χ0) is 72.0. The highest BCUT2D eigenvalue weighted by molar-refractivity contribution is 5.85. The van der Waals surface area contributed by atoms with Crippen LogP contribution in [-0.4, -0.2) is 147 Å². The van der Waals surface area contributed by atoms with Crippen molar-refractivity contribution in [3.05, 3.63) is 221 Å². The van der Waals surface area contributed by atoms with Crippen LogP contribution in [0.2, 0.25) is 0 Å². The molecule has 0 saturated heterocycles. The van der Waals surface area contributed by atoms with E-state index in [0.29, 0.717) is 22.3 Å². The minimum atomic E-state index is -1.60. The Morgan fingerprint density at radius 1 is 0.268 bits per heavy atom. The second-order valence-corrected chi connectivity index (χ2v) is 21.6. The topological polar surface area (TPSA) is 364 Å². The molecule has 4 amide bonds. The number of carbonyl (C=O) groups excluding carboxylic acids is 12. The van der Waals surface area contributed by atoms with E-state index in [-0.39, 0.29) is 23.0 Å². The van der Waals surface area contributed by atoms with Crippen molar-refractivity contribution in [2.45, 2.75) is 55.3 Å². The Bertz CT molecular complexity index is 3060. The molecule has 0 aromatic heterocycles. The Morgan fingerprint density at radius 3 is 0.526 bits per heavy atom. The average Bonchev–Trinajstić information content (AvgIpc) is 0.733. The first-order chi connectivity index (χ1) is 45.9. The molecule has 0 spiro atoms. The van der Waals surface area contributed by atoms with Gasteiger partial charge in [0.2, 0.25) is 0 Å². The van der Waals surface area contributed by atoms with Crippen molar-refractivity contribution in [3.8, 4) is 23.0 Å². The first kappa shape index (κ1) is 77.1. The fourth-order valence-electron chi connectivity index (χ4n) is 8.38. The zero-order valence-electron chi connectivity index (χ0n) is 53.5. The van der Waals surface area contributed by atoms with Gasteiger partial charge in [-0.1, -0.05) is 101 Å². The van der Waals surface area contributed by atoms with E-state index in [0.717, 1.165) is 48.6 Å². The van der Waals surface area contributed by atoms with E-state index in [1.54, 1.807) is 48.5 Å². The summed E-state index contributed by atoms with van der Waals surface area (Å²) in [5, 5.41) is 10.2. The molecule has 4 aromatic carbocycles. The van der Waals surface area contributed by atoms with E-state index in [2.05, 4.69) is 73.9 Å². The summed E-state index contributed by atoms with van der Waals surface area (Å²) in [5.74, 6) is -7.04. The van der Waals surface area contributed by atoms with Gasteiger partial charge in [0.15, 0.2) is 0 Å². The van der Waals surface area contributed by atoms with Crippen molar-refractivity contribution in [2.24, 2.45) is 0 Å². The van der Waals surface area contributed by atoms with Crippen LogP contribution >= 0.6 is 0 Å². The van der Waals surface area contributed by atoms with Gasteiger partial charge in [0, 0.05) is 48.6 Å². The van der Waals surface area contributed by atoms with Crippen molar-refractivity contribution in [1.29, 1.82) is 0 Å². The minimum Gasteiger partial charge on any atom is -0.460 e. The van der Waals surface area contributed by atoms with E-state index >= 15 is 0 Å². The Labute approximate surface area is 557 Å². The number of benzene rings is 4. The van der Waals surface area contributed by atoms with Gasteiger partial charge in [-0.3, -0.25) is 0 Å². The molecule has 0 radical (unpaired) electrons. The van der Waals surface area contributed by atoms with Crippen molar-refractivity contribution in [1.82, 2.24) is 21.3 Å². The number of carbonyl (C=O) groups is 12. The summed E-state index contributed by atoms with van der Waals surface area (Å²) < 4.78 is 64.2. The summed E-state index contributed by atoms with van der Waals surface area (Å²) in [5.41, 5.74) is -6.29. The Hall–Kier alpha value is -12.4. The Morgan fingerprint density at radius 2 is 0.402 bits per heavy atom. The van der Waals surface area contributed by atoms with Crippen LogP contribution in [0.4, 0.5) is 19.2 Å². The van der Waals surface area contributed by atoms with Crippen LogP contribution in [0, 0.1) is 0 Å². The number of esters is 8. The minimum absolute atomic E-state index is 0.0653. The van der Waals surface area contributed by atoms with Crippen LogP contribution in [0.3, 0.4) is 0 Å². The Kier molecular flexibility index (Phi) is 28.8. The summed E-state index contributed by atoms with van der Waals surface area (Å²) >= 11 is 0. The smallest absolute Gasteiger partial charge is 0.413 e. The highest BCUT2D eigenvalue weighted by Gasteiger charge is 2.41. The fraction of sp³-hybridized carbons (Fsp3) is 0.246. The molecule has 28 nitrogen and oxygen atoms in total. The van der Waals surface area contributed by atoms with Gasteiger partial charge in [0.25, 0.3) is 0 Å². The van der Waals surface area contributed by atoms with Gasteiger partial charge in [-0.15, -0.1) is 0 Å². The SMILES string of the molecule is C=CC(=O)OCC(C)(COC(=O)C=C)NC(=O)Oc1ccc(C(c2ccc(OC(=O)NC(C)(COC(=O)C=C)COC(=O)C=C)cc2)(c2ccc(OC(=O)NC(C)(COC(=O)C=C)COC(=O)C=C)cc2)c2ccc(OC(=O)NC(C)(COC(=O)C=C)COC(=O)C=C)cc2)cc1. The summed E-state index contributed by atoms with van der Waals surface area (Å²) in [7, 11) is 0. The maximum absolute atomic E-state index is 13.7. The molecule has 0 atom stereocenters. The van der Waals surface area contributed by atoms with Crippen LogP contribution < -0.4 is 40.2 Å². The lowest BCUT2D eigenvalue weighted by Gasteiger charge is -2.37. The van der Waals surface area contributed by atoms with E-state index in [1.807, 2.05) is 0 Å². The first-order valence-electron chi connectivity index (χ1n) is 28.7. The second-order valence-electron chi connectivity index (χ2n) is 21.6. The molecule has 28 heteroatoms. The van der Waals surface area contributed by atoms with Gasteiger partial charge in [-0.05, 0) is 98.5 Å². The second kappa shape index (κ2) is 36.2. The molecule has 0 aliphatic carbocycles. The molecule has 0 heterocycles. The predicted octanol–water partition coefficient (Wildman–Crippen LogP) is 7.29. The van der Waals surface area contributed by atoms with Gasteiger partial charge in [-0.2, -0.15) is 0 Å². The molecule has 97 heavy (non-hydrogen) atoms. The number of nitrogens with one attached hydrogen (secondary N) is 4. The number of ether oxygens (including phenoxy) is 12. The Balaban J connectivity index is 1.96. The standard InChI is InChI=1S/C69H72N4O24/c1-13-53(74)86-37-65(9,38-87-54(75)14-2)70-61(82)94-49-29-21-45(22-30-49)69(46-23-31-50(32-24-46)95-62(83)71-66(10,39-88-55(76)15-3)40-89-56(77)16-4,47-25-33-51(34-26-47)96-63(84)72-67(11,41-90-57(78)17-5)42-91-58(79)18-6)48-27-35-52(36-28-48)97-64(85)73-68(12,43-92-59(80)19-7)44-93-60(81)20-8/h13-36H,1-8,37-44H2,9-12H3,(H,70,82)(H,71,83)(H,72,84)(H,73,85). The predicted molar refractivity (Wildman–Crippen MR) is 344 cm³/mol. The van der Waals surface area contributed by atoms with Crippen molar-refractivity contribution in [2.75, 3.05) is 52.9 Å². The molecular weight excluding hydrogens is 1270 g/mol. The number of hydrogen-bond acceptors (Lipinski definition) is 24. The van der Waals surface area contributed by atoms with Crippen LogP contribution in [0.1, 0.15) is 49.9 Å². The summed E-state index contributed by atoms with van der Waals surface area (Å²) in [6.45, 7) is 28.5. The lowest BCUT2D eigenvalue weighted by molar-refractivity contribution is -0.145. The number of amides is 4. The molecule has 4 N–H and O–H groups in total. The number of rotatable bonds is 36. The monoisotopic (exact) mass is 1340 g/mol. The molecule has 0 aliphatic rings. The third kappa shape index (κ3) is 24.2. The van der Waals surface area contributed by atoms with Gasteiger partial charge < -0.3 is 78.1 Å². The van der Waals surface area contributed by atoms with Gasteiger partial charge in [-0.25, -0.2) is 57.5 Å². The first-order valence-corrected chi connectivity index (χ1v) is 28.7. The average molecular weight is 1340 g/mol. The quantitative estimate of drug-likeness (QED) is 0.0150. The lowest BCUT2D eigenvalue weighted by atomic mass is 9.65. The molecule has 4 rings (SSSR count). The summed E-state index contributed by atoms with van der Waals surface area (Å²) in [4.78, 5) is 151. The van der Waals surface area contributed by atoms with E-state index in [9.17, 15) is 57.5 Å². The highest BCUT2D eigenvalue weighted by Crippen LogP contribution is 2.47. The van der Waals surface area contributed by atoms with Crippen molar-refractivity contribution >= 4 is 72.1 Å².